The van der Waals surface area contributed by atoms with Gasteiger partial charge in [-0.1, -0.05) is 41.5 Å². The standard InChI is InChI=1S/C15H30O5/c1-8-9(16)10(17)11(18)12(19-8)20-13(14(2,3)4)15(5,6)7/h8-13,16-18H,1-7H3. The molecule has 0 spiro atoms. The van der Waals surface area contributed by atoms with Crippen LogP contribution in [0.3, 0.4) is 0 Å². The van der Waals surface area contributed by atoms with Gasteiger partial charge in [0.1, 0.15) is 18.3 Å². The van der Waals surface area contributed by atoms with Crippen LogP contribution < -0.4 is 0 Å². The highest BCUT2D eigenvalue weighted by molar-refractivity contribution is 4.91. The molecule has 1 saturated heterocycles. The van der Waals surface area contributed by atoms with Crippen LogP contribution in [-0.4, -0.2) is 52.1 Å². The Morgan fingerprint density at radius 3 is 1.70 bits per heavy atom. The van der Waals surface area contributed by atoms with E-state index < -0.39 is 30.7 Å². The van der Waals surface area contributed by atoms with Gasteiger partial charge in [-0.25, -0.2) is 0 Å². The van der Waals surface area contributed by atoms with Crippen molar-refractivity contribution in [2.24, 2.45) is 10.8 Å². The Balaban J connectivity index is 2.89. The molecule has 20 heavy (non-hydrogen) atoms. The van der Waals surface area contributed by atoms with E-state index in [1.165, 1.54) is 0 Å². The summed E-state index contributed by atoms with van der Waals surface area (Å²) in [6.07, 6.45) is -5.32. The van der Waals surface area contributed by atoms with Crippen molar-refractivity contribution in [2.45, 2.75) is 85.3 Å². The zero-order chi connectivity index (χ0) is 15.9. The molecular formula is C15H30O5. The van der Waals surface area contributed by atoms with Crippen molar-refractivity contribution in [1.29, 1.82) is 0 Å². The molecule has 1 heterocycles. The minimum absolute atomic E-state index is 0.147. The summed E-state index contributed by atoms with van der Waals surface area (Å²) >= 11 is 0. The minimum atomic E-state index is -1.26. The molecule has 0 aromatic carbocycles. The SMILES string of the molecule is CC1OC(OC(C(C)(C)C)C(C)(C)C)C(O)C(O)C1O. The van der Waals surface area contributed by atoms with Gasteiger partial charge in [0.05, 0.1) is 12.2 Å². The summed E-state index contributed by atoms with van der Waals surface area (Å²) in [6, 6.07) is 0. The van der Waals surface area contributed by atoms with Crippen molar-refractivity contribution < 1.29 is 24.8 Å². The number of hydrogen-bond acceptors (Lipinski definition) is 5. The fourth-order valence-corrected chi connectivity index (χ4v) is 2.97. The molecule has 0 aromatic rings. The van der Waals surface area contributed by atoms with E-state index in [1.807, 2.05) is 0 Å². The highest BCUT2D eigenvalue weighted by atomic mass is 16.7. The maximum Gasteiger partial charge on any atom is 0.186 e. The van der Waals surface area contributed by atoms with Gasteiger partial charge in [0.2, 0.25) is 0 Å². The normalized spacial score (nSPS) is 36.5. The molecule has 5 unspecified atom stereocenters. The van der Waals surface area contributed by atoms with Crippen molar-refractivity contribution in [2.75, 3.05) is 0 Å². The molecule has 0 saturated carbocycles. The minimum Gasteiger partial charge on any atom is -0.388 e. The molecule has 5 heteroatoms. The quantitative estimate of drug-likeness (QED) is 0.714. The third kappa shape index (κ3) is 3.92. The molecule has 3 N–H and O–H groups in total. The molecular weight excluding hydrogens is 260 g/mol. The van der Waals surface area contributed by atoms with Gasteiger partial charge in [-0.2, -0.15) is 0 Å². The van der Waals surface area contributed by atoms with Gasteiger partial charge in [0, 0.05) is 0 Å². The average molecular weight is 290 g/mol. The largest absolute Gasteiger partial charge is 0.388 e. The van der Waals surface area contributed by atoms with Gasteiger partial charge in [0.15, 0.2) is 6.29 Å². The summed E-state index contributed by atoms with van der Waals surface area (Å²) in [5.41, 5.74) is -0.294. The van der Waals surface area contributed by atoms with E-state index in [0.717, 1.165) is 0 Å². The summed E-state index contributed by atoms with van der Waals surface area (Å²) in [7, 11) is 0. The Bertz CT molecular complexity index is 303. The third-order valence-electron chi connectivity index (χ3n) is 3.65. The summed E-state index contributed by atoms with van der Waals surface area (Å²) in [5.74, 6) is 0. The maximum atomic E-state index is 10.0. The first-order valence-corrected chi connectivity index (χ1v) is 7.21. The number of hydrogen-bond donors (Lipinski definition) is 3. The van der Waals surface area contributed by atoms with E-state index in [2.05, 4.69) is 41.5 Å². The van der Waals surface area contributed by atoms with E-state index in [1.54, 1.807) is 6.92 Å². The highest BCUT2D eigenvalue weighted by Gasteiger charge is 2.46. The van der Waals surface area contributed by atoms with E-state index in [0.29, 0.717) is 0 Å². The lowest BCUT2D eigenvalue weighted by atomic mass is 9.74. The Kier molecular flexibility index (Phi) is 5.26. The lowest BCUT2D eigenvalue weighted by Crippen LogP contribution is -2.59. The van der Waals surface area contributed by atoms with Crippen molar-refractivity contribution in [3.8, 4) is 0 Å². The van der Waals surface area contributed by atoms with Crippen LogP contribution in [0.15, 0.2) is 0 Å². The van der Waals surface area contributed by atoms with E-state index in [9.17, 15) is 15.3 Å². The van der Waals surface area contributed by atoms with Gasteiger partial charge >= 0.3 is 0 Å². The number of aliphatic hydroxyl groups is 3. The summed E-state index contributed by atoms with van der Waals surface area (Å²) in [6.45, 7) is 14.0. The van der Waals surface area contributed by atoms with Gasteiger partial charge in [-0.3, -0.25) is 0 Å². The Hall–Kier alpha value is -0.200. The molecule has 1 fully saturated rings. The zero-order valence-electron chi connectivity index (χ0n) is 13.6. The topological polar surface area (TPSA) is 79.2 Å². The smallest absolute Gasteiger partial charge is 0.186 e. The van der Waals surface area contributed by atoms with Crippen LogP contribution in [0.2, 0.25) is 0 Å². The average Bonchev–Trinajstić information content (AvgIpc) is 2.26. The van der Waals surface area contributed by atoms with E-state index in [-0.39, 0.29) is 16.9 Å². The van der Waals surface area contributed by atoms with Gasteiger partial charge < -0.3 is 24.8 Å². The summed E-state index contributed by atoms with van der Waals surface area (Å²) in [4.78, 5) is 0. The number of aliphatic hydroxyl groups excluding tert-OH is 3. The molecule has 0 radical (unpaired) electrons. The van der Waals surface area contributed by atoms with Crippen LogP contribution in [-0.2, 0) is 9.47 Å². The van der Waals surface area contributed by atoms with Gasteiger partial charge in [0.25, 0.3) is 0 Å². The number of rotatable bonds is 2. The van der Waals surface area contributed by atoms with Crippen LogP contribution in [0, 0.1) is 10.8 Å². The van der Waals surface area contributed by atoms with Crippen LogP contribution >= 0.6 is 0 Å². The van der Waals surface area contributed by atoms with Gasteiger partial charge in [-0.05, 0) is 17.8 Å². The molecule has 5 atom stereocenters. The summed E-state index contributed by atoms with van der Waals surface area (Å²) < 4.78 is 11.5. The first-order chi connectivity index (χ1) is 8.85. The van der Waals surface area contributed by atoms with E-state index in [4.69, 9.17) is 9.47 Å². The zero-order valence-corrected chi connectivity index (χ0v) is 13.6. The fourth-order valence-electron chi connectivity index (χ4n) is 2.97. The molecule has 0 aliphatic carbocycles. The second-order valence-corrected chi connectivity index (χ2v) is 7.93. The van der Waals surface area contributed by atoms with Crippen LogP contribution in [0.25, 0.3) is 0 Å². The Labute approximate surface area is 121 Å². The molecule has 1 aliphatic rings. The Morgan fingerprint density at radius 2 is 1.30 bits per heavy atom. The van der Waals surface area contributed by atoms with Crippen molar-refractivity contribution >= 4 is 0 Å². The molecule has 0 amide bonds. The van der Waals surface area contributed by atoms with Gasteiger partial charge in [-0.15, -0.1) is 0 Å². The summed E-state index contributed by atoms with van der Waals surface area (Å²) in [5, 5.41) is 29.6. The first kappa shape index (κ1) is 17.9. The monoisotopic (exact) mass is 290 g/mol. The molecule has 0 aromatic heterocycles. The van der Waals surface area contributed by atoms with Crippen LogP contribution in [0.5, 0.6) is 0 Å². The second kappa shape index (κ2) is 5.89. The predicted molar refractivity (Wildman–Crippen MR) is 76.1 cm³/mol. The van der Waals surface area contributed by atoms with Crippen molar-refractivity contribution in [3.63, 3.8) is 0 Å². The Morgan fingerprint density at radius 1 is 0.850 bits per heavy atom. The van der Waals surface area contributed by atoms with E-state index >= 15 is 0 Å². The molecule has 5 nitrogen and oxygen atoms in total. The first-order valence-electron chi connectivity index (χ1n) is 7.21. The highest BCUT2D eigenvalue weighted by Crippen LogP contribution is 2.38. The number of ether oxygens (including phenoxy) is 2. The fraction of sp³-hybridized carbons (Fsp3) is 1.00. The lowest BCUT2D eigenvalue weighted by Gasteiger charge is -2.46. The molecule has 1 rings (SSSR count). The molecule has 0 bridgehead atoms. The molecule has 120 valence electrons. The third-order valence-corrected chi connectivity index (χ3v) is 3.65. The van der Waals surface area contributed by atoms with Crippen molar-refractivity contribution in [3.05, 3.63) is 0 Å². The van der Waals surface area contributed by atoms with Crippen LogP contribution in [0.1, 0.15) is 48.5 Å². The molecule has 1 aliphatic heterocycles. The van der Waals surface area contributed by atoms with Crippen LogP contribution in [0.4, 0.5) is 0 Å². The predicted octanol–water partition coefficient (Wildman–Crippen LogP) is 1.29. The maximum absolute atomic E-state index is 10.0. The second-order valence-electron chi connectivity index (χ2n) is 7.93. The lowest BCUT2D eigenvalue weighted by molar-refractivity contribution is -0.320. The van der Waals surface area contributed by atoms with Crippen molar-refractivity contribution in [1.82, 2.24) is 0 Å².